The lowest BCUT2D eigenvalue weighted by atomic mass is 10.3. The van der Waals surface area contributed by atoms with E-state index in [1.165, 1.54) is 12.1 Å². The first-order valence-electron chi connectivity index (χ1n) is 3.67. The number of benzene rings is 1. The van der Waals surface area contributed by atoms with E-state index in [1.807, 2.05) is 0 Å². The van der Waals surface area contributed by atoms with E-state index in [-0.39, 0.29) is 11.5 Å². The maximum atomic E-state index is 11.9. The lowest BCUT2D eigenvalue weighted by molar-refractivity contribution is -0.0504. The largest absolute Gasteiger partial charge is 0.462 e. The molecule has 84 valence electrons. The molecular formula is C8H5Br2F3O2. The number of halogens is 5. The summed E-state index contributed by atoms with van der Waals surface area (Å²) < 4.78 is 45.3. The number of ether oxygens (including phenoxy) is 2. The Kier molecular flexibility index (Phi) is 4.72. The lowest BCUT2D eigenvalue weighted by Gasteiger charge is -2.10. The number of hydrogen-bond acceptors (Lipinski definition) is 2. The molecular weight excluding hydrogens is 345 g/mol. The van der Waals surface area contributed by atoms with Gasteiger partial charge in [-0.05, 0) is 37.9 Å². The van der Waals surface area contributed by atoms with Gasteiger partial charge in [-0.1, -0.05) is 0 Å². The van der Waals surface area contributed by atoms with Crippen LogP contribution in [-0.2, 0) is 0 Å². The van der Waals surface area contributed by atoms with Crippen LogP contribution < -0.4 is 9.47 Å². The second-order valence-corrected chi connectivity index (χ2v) is 4.05. The molecule has 0 fully saturated rings. The van der Waals surface area contributed by atoms with E-state index in [0.29, 0.717) is 8.95 Å². The number of rotatable bonds is 4. The molecule has 0 atom stereocenters. The van der Waals surface area contributed by atoms with Crippen LogP contribution in [0.2, 0.25) is 0 Å². The molecule has 0 radical (unpaired) electrons. The molecule has 0 saturated carbocycles. The van der Waals surface area contributed by atoms with E-state index in [1.54, 1.807) is 0 Å². The normalized spacial score (nSPS) is 10.5. The van der Waals surface area contributed by atoms with Gasteiger partial charge in [-0.25, -0.2) is 4.39 Å². The third-order valence-electron chi connectivity index (χ3n) is 1.41. The van der Waals surface area contributed by atoms with Crippen LogP contribution in [0.5, 0.6) is 11.5 Å². The molecule has 0 aromatic heterocycles. The monoisotopic (exact) mass is 348 g/mol. The Hall–Kier alpha value is -0.430. The van der Waals surface area contributed by atoms with Gasteiger partial charge in [0.2, 0.25) is 6.86 Å². The number of alkyl halides is 3. The molecule has 0 saturated heterocycles. The smallest absolute Gasteiger partial charge is 0.387 e. The van der Waals surface area contributed by atoms with Crippen molar-refractivity contribution >= 4 is 31.9 Å². The summed E-state index contributed by atoms with van der Waals surface area (Å²) in [4.78, 5) is 0. The van der Waals surface area contributed by atoms with Crippen LogP contribution in [0, 0.1) is 0 Å². The molecule has 0 unspecified atom stereocenters. The first kappa shape index (κ1) is 12.6. The molecule has 0 aliphatic heterocycles. The van der Waals surface area contributed by atoms with Crippen LogP contribution in [0.4, 0.5) is 13.2 Å². The van der Waals surface area contributed by atoms with Crippen molar-refractivity contribution in [2.75, 3.05) is 6.86 Å². The predicted molar refractivity (Wildman–Crippen MR) is 55.1 cm³/mol. The molecule has 15 heavy (non-hydrogen) atoms. The van der Waals surface area contributed by atoms with Crippen molar-refractivity contribution in [2.24, 2.45) is 0 Å². The van der Waals surface area contributed by atoms with Gasteiger partial charge < -0.3 is 9.47 Å². The SMILES string of the molecule is FCOc1cc(OC(F)F)c(Br)cc1Br. The van der Waals surface area contributed by atoms with Crippen LogP contribution >= 0.6 is 31.9 Å². The Morgan fingerprint density at radius 2 is 1.73 bits per heavy atom. The highest BCUT2D eigenvalue weighted by molar-refractivity contribution is 9.11. The van der Waals surface area contributed by atoms with Gasteiger partial charge in [0.25, 0.3) is 0 Å². The molecule has 0 amide bonds. The molecule has 0 spiro atoms. The van der Waals surface area contributed by atoms with Crippen molar-refractivity contribution in [1.82, 2.24) is 0 Å². The molecule has 0 aliphatic carbocycles. The van der Waals surface area contributed by atoms with E-state index < -0.39 is 13.5 Å². The predicted octanol–water partition coefficient (Wildman–Crippen LogP) is 4.12. The zero-order valence-electron chi connectivity index (χ0n) is 7.15. The summed E-state index contributed by atoms with van der Waals surface area (Å²) in [5.74, 6) is -0.0204. The Morgan fingerprint density at radius 1 is 1.13 bits per heavy atom. The molecule has 1 aromatic carbocycles. The summed E-state index contributed by atoms with van der Waals surface area (Å²) in [5, 5.41) is 0. The average molecular weight is 350 g/mol. The minimum absolute atomic E-state index is 0.0938. The summed E-state index contributed by atoms with van der Waals surface area (Å²) in [6.45, 7) is -3.99. The van der Waals surface area contributed by atoms with Crippen molar-refractivity contribution in [3.8, 4) is 11.5 Å². The minimum Gasteiger partial charge on any atom is -0.462 e. The fourth-order valence-electron chi connectivity index (χ4n) is 0.866. The van der Waals surface area contributed by atoms with Crippen molar-refractivity contribution in [1.29, 1.82) is 0 Å². The van der Waals surface area contributed by atoms with Crippen molar-refractivity contribution < 1.29 is 22.6 Å². The first-order valence-corrected chi connectivity index (χ1v) is 5.25. The third kappa shape index (κ3) is 3.57. The second kappa shape index (κ2) is 5.60. The molecule has 1 aromatic rings. The average Bonchev–Trinajstić information content (AvgIpc) is 2.12. The van der Waals surface area contributed by atoms with E-state index in [0.717, 1.165) is 0 Å². The standard InChI is InChI=1S/C8H5Br2F3O2/c9-4-1-5(10)7(15-8(12)13)2-6(4)14-3-11/h1-2,8H,3H2. The summed E-state index contributed by atoms with van der Waals surface area (Å²) in [6.07, 6.45) is 0. The van der Waals surface area contributed by atoms with Gasteiger partial charge >= 0.3 is 6.61 Å². The topological polar surface area (TPSA) is 18.5 Å². The maximum absolute atomic E-state index is 11.9. The van der Waals surface area contributed by atoms with Gasteiger partial charge in [-0.3, -0.25) is 0 Å². The Morgan fingerprint density at radius 3 is 2.27 bits per heavy atom. The zero-order valence-corrected chi connectivity index (χ0v) is 10.3. The summed E-state index contributed by atoms with van der Waals surface area (Å²) in [7, 11) is 0. The van der Waals surface area contributed by atoms with Crippen molar-refractivity contribution in [3.05, 3.63) is 21.1 Å². The van der Waals surface area contributed by atoms with Crippen molar-refractivity contribution in [3.63, 3.8) is 0 Å². The van der Waals surface area contributed by atoms with Crippen LogP contribution in [0.3, 0.4) is 0 Å². The molecule has 0 aliphatic rings. The van der Waals surface area contributed by atoms with Crippen LogP contribution in [0.1, 0.15) is 0 Å². The lowest BCUT2D eigenvalue weighted by Crippen LogP contribution is -2.03. The Labute approximate surface area is 101 Å². The number of hydrogen-bond donors (Lipinski definition) is 0. The highest BCUT2D eigenvalue weighted by atomic mass is 79.9. The summed E-state index contributed by atoms with van der Waals surface area (Å²) in [6, 6.07) is 2.60. The van der Waals surface area contributed by atoms with E-state index in [4.69, 9.17) is 0 Å². The van der Waals surface area contributed by atoms with Crippen molar-refractivity contribution in [2.45, 2.75) is 6.61 Å². The third-order valence-corrected chi connectivity index (χ3v) is 2.65. The van der Waals surface area contributed by atoms with Crippen LogP contribution in [0.15, 0.2) is 21.1 Å². The van der Waals surface area contributed by atoms with Gasteiger partial charge in [0, 0.05) is 6.07 Å². The van der Waals surface area contributed by atoms with E-state index in [2.05, 4.69) is 41.3 Å². The molecule has 7 heteroatoms. The molecule has 2 nitrogen and oxygen atoms in total. The fourth-order valence-corrected chi connectivity index (χ4v) is 2.07. The van der Waals surface area contributed by atoms with Gasteiger partial charge in [0.15, 0.2) is 0 Å². The summed E-state index contributed by atoms with van der Waals surface area (Å²) >= 11 is 6.11. The quantitative estimate of drug-likeness (QED) is 0.814. The molecule has 0 heterocycles. The van der Waals surface area contributed by atoms with Gasteiger partial charge in [-0.2, -0.15) is 8.78 Å². The van der Waals surface area contributed by atoms with Gasteiger partial charge in [-0.15, -0.1) is 0 Å². The first-order chi connectivity index (χ1) is 7.04. The highest BCUT2D eigenvalue weighted by Gasteiger charge is 2.12. The molecule has 1 rings (SSSR count). The van der Waals surface area contributed by atoms with E-state index >= 15 is 0 Å². The molecule has 0 N–H and O–H groups in total. The minimum atomic E-state index is -2.94. The van der Waals surface area contributed by atoms with Crippen LogP contribution in [-0.4, -0.2) is 13.5 Å². The fraction of sp³-hybridized carbons (Fsp3) is 0.250. The Balaban J connectivity index is 3.00. The Bertz CT molecular complexity index is 347. The van der Waals surface area contributed by atoms with E-state index in [9.17, 15) is 13.2 Å². The zero-order chi connectivity index (χ0) is 11.4. The maximum Gasteiger partial charge on any atom is 0.387 e. The van der Waals surface area contributed by atoms with Gasteiger partial charge in [0.05, 0.1) is 8.95 Å². The molecule has 0 bridgehead atoms. The second-order valence-electron chi connectivity index (χ2n) is 2.35. The van der Waals surface area contributed by atoms with Gasteiger partial charge in [0.1, 0.15) is 11.5 Å². The summed E-state index contributed by atoms with van der Waals surface area (Å²) in [5.41, 5.74) is 0. The highest BCUT2D eigenvalue weighted by Crippen LogP contribution is 2.36. The van der Waals surface area contributed by atoms with Crippen LogP contribution in [0.25, 0.3) is 0 Å².